The van der Waals surface area contributed by atoms with E-state index in [4.69, 9.17) is 5.73 Å². The van der Waals surface area contributed by atoms with Crippen LogP contribution in [0.3, 0.4) is 0 Å². The molecule has 120 valence electrons. The van der Waals surface area contributed by atoms with Crippen molar-refractivity contribution in [2.24, 2.45) is 0 Å². The molecule has 1 unspecified atom stereocenters. The van der Waals surface area contributed by atoms with E-state index in [0.717, 1.165) is 23.7 Å². The van der Waals surface area contributed by atoms with Gasteiger partial charge < -0.3 is 5.73 Å². The Balaban J connectivity index is 3.31. The number of halogens is 1. The van der Waals surface area contributed by atoms with E-state index in [-0.39, 0.29) is 6.04 Å². The van der Waals surface area contributed by atoms with E-state index in [0.29, 0.717) is 22.7 Å². The molecule has 1 aromatic carbocycles. The molecule has 0 aliphatic carbocycles. The van der Waals surface area contributed by atoms with E-state index in [2.05, 4.69) is 22.9 Å². The Morgan fingerprint density at radius 3 is 2.48 bits per heavy atom. The summed E-state index contributed by atoms with van der Waals surface area (Å²) in [5, 5.41) is 0. The number of aryl methyl sites for hydroxylation is 1. The maximum Gasteiger partial charge on any atom is 0.243 e. The summed E-state index contributed by atoms with van der Waals surface area (Å²) in [5.41, 5.74) is 7.02. The van der Waals surface area contributed by atoms with Crippen LogP contribution in [0.1, 0.15) is 45.6 Å². The van der Waals surface area contributed by atoms with E-state index in [1.54, 1.807) is 23.4 Å². The van der Waals surface area contributed by atoms with Gasteiger partial charge in [0.2, 0.25) is 10.0 Å². The summed E-state index contributed by atoms with van der Waals surface area (Å²) in [6.07, 6.45) is 2.60. The quantitative estimate of drug-likeness (QED) is 0.733. The highest BCUT2D eigenvalue weighted by Gasteiger charge is 2.29. The molecule has 2 N–H and O–H groups in total. The van der Waals surface area contributed by atoms with Crippen molar-refractivity contribution in [3.05, 3.63) is 22.2 Å². The number of hydrogen-bond acceptors (Lipinski definition) is 3. The molecule has 0 heterocycles. The Labute approximate surface area is 136 Å². The summed E-state index contributed by atoms with van der Waals surface area (Å²) < 4.78 is 28.3. The SMILES string of the molecule is CCCCN(C(C)CC)S(=O)(=O)c1cc(N)c(Br)cc1C. The minimum Gasteiger partial charge on any atom is -0.398 e. The van der Waals surface area contributed by atoms with Gasteiger partial charge >= 0.3 is 0 Å². The number of nitrogens with two attached hydrogens (primary N) is 1. The third kappa shape index (κ3) is 4.20. The number of nitrogen functional groups attached to an aromatic ring is 1. The van der Waals surface area contributed by atoms with Crippen molar-refractivity contribution >= 4 is 31.6 Å². The van der Waals surface area contributed by atoms with Gasteiger partial charge in [-0.15, -0.1) is 0 Å². The van der Waals surface area contributed by atoms with Crippen LogP contribution >= 0.6 is 15.9 Å². The molecule has 0 aromatic heterocycles. The molecule has 4 nitrogen and oxygen atoms in total. The second kappa shape index (κ2) is 7.61. The number of rotatable bonds is 7. The van der Waals surface area contributed by atoms with Crippen molar-refractivity contribution in [1.82, 2.24) is 4.31 Å². The number of hydrogen-bond donors (Lipinski definition) is 1. The summed E-state index contributed by atoms with van der Waals surface area (Å²) in [6.45, 7) is 8.35. The highest BCUT2D eigenvalue weighted by molar-refractivity contribution is 9.10. The van der Waals surface area contributed by atoms with Gasteiger partial charge in [0, 0.05) is 22.7 Å². The Bertz CT molecular complexity index is 588. The first-order valence-electron chi connectivity index (χ1n) is 7.33. The number of benzene rings is 1. The largest absolute Gasteiger partial charge is 0.398 e. The van der Waals surface area contributed by atoms with Crippen molar-refractivity contribution in [3.8, 4) is 0 Å². The van der Waals surface area contributed by atoms with Crippen LogP contribution in [0.4, 0.5) is 5.69 Å². The fourth-order valence-corrected chi connectivity index (χ4v) is 4.61. The predicted molar refractivity (Wildman–Crippen MR) is 91.8 cm³/mol. The van der Waals surface area contributed by atoms with Crippen molar-refractivity contribution in [2.45, 2.75) is 57.9 Å². The fourth-order valence-electron chi connectivity index (χ4n) is 2.17. The van der Waals surface area contributed by atoms with E-state index in [1.807, 2.05) is 13.8 Å². The molecule has 0 bridgehead atoms. The predicted octanol–water partition coefficient (Wildman–Crippen LogP) is 3.93. The highest BCUT2D eigenvalue weighted by Crippen LogP contribution is 2.29. The van der Waals surface area contributed by atoms with Crippen molar-refractivity contribution in [3.63, 3.8) is 0 Å². The van der Waals surface area contributed by atoms with Gasteiger partial charge in [-0.05, 0) is 60.3 Å². The van der Waals surface area contributed by atoms with Crippen LogP contribution in [-0.2, 0) is 10.0 Å². The van der Waals surface area contributed by atoms with E-state index in [9.17, 15) is 8.42 Å². The minimum absolute atomic E-state index is 0.0224. The molecule has 1 aromatic rings. The Morgan fingerprint density at radius 1 is 1.33 bits per heavy atom. The Morgan fingerprint density at radius 2 is 1.95 bits per heavy atom. The van der Waals surface area contributed by atoms with Gasteiger partial charge in [0.25, 0.3) is 0 Å². The highest BCUT2D eigenvalue weighted by atomic mass is 79.9. The lowest BCUT2D eigenvalue weighted by Crippen LogP contribution is -2.39. The molecule has 21 heavy (non-hydrogen) atoms. The van der Waals surface area contributed by atoms with Gasteiger partial charge in [-0.1, -0.05) is 20.3 Å². The molecular formula is C15H25BrN2O2S. The van der Waals surface area contributed by atoms with Crippen LogP contribution < -0.4 is 5.73 Å². The average Bonchev–Trinajstić information content (AvgIpc) is 2.42. The van der Waals surface area contributed by atoms with Crippen molar-refractivity contribution in [2.75, 3.05) is 12.3 Å². The third-order valence-corrected chi connectivity index (χ3v) is 6.54. The third-order valence-electron chi connectivity index (χ3n) is 3.70. The van der Waals surface area contributed by atoms with Crippen LogP contribution in [0, 0.1) is 6.92 Å². The number of nitrogens with zero attached hydrogens (tertiary/aromatic N) is 1. The zero-order valence-electron chi connectivity index (χ0n) is 13.2. The molecule has 0 aliphatic heterocycles. The number of unbranched alkanes of at least 4 members (excludes halogenated alkanes) is 1. The van der Waals surface area contributed by atoms with Gasteiger partial charge in [-0.25, -0.2) is 8.42 Å². The van der Waals surface area contributed by atoms with Gasteiger partial charge in [0.05, 0.1) is 4.90 Å². The maximum atomic E-state index is 13.0. The minimum atomic E-state index is -3.52. The van der Waals surface area contributed by atoms with Crippen molar-refractivity contribution in [1.29, 1.82) is 0 Å². The molecule has 0 spiro atoms. The average molecular weight is 377 g/mol. The lowest BCUT2D eigenvalue weighted by Gasteiger charge is -2.28. The summed E-state index contributed by atoms with van der Waals surface area (Å²) in [6, 6.07) is 3.29. The second-order valence-corrected chi connectivity index (χ2v) is 8.08. The summed E-state index contributed by atoms with van der Waals surface area (Å²) in [5.74, 6) is 0. The molecule has 0 fully saturated rings. The van der Waals surface area contributed by atoms with Crippen LogP contribution in [-0.4, -0.2) is 25.3 Å². The first kappa shape index (κ1) is 18.5. The normalized spacial score (nSPS) is 13.6. The molecule has 0 aliphatic rings. The molecule has 0 radical (unpaired) electrons. The lowest BCUT2D eigenvalue weighted by molar-refractivity contribution is 0.324. The fraction of sp³-hybridized carbons (Fsp3) is 0.600. The van der Waals surface area contributed by atoms with Crippen molar-refractivity contribution < 1.29 is 8.42 Å². The number of sulfonamides is 1. The van der Waals surface area contributed by atoms with Crippen LogP contribution in [0.2, 0.25) is 0 Å². The standard InChI is InChI=1S/C15H25BrN2O2S/c1-5-7-8-18(12(4)6-2)21(19,20)15-10-14(17)13(16)9-11(15)3/h9-10,12H,5-8,17H2,1-4H3. The van der Waals surface area contributed by atoms with Gasteiger partial charge in [0.15, 0.2) is 0 Å². The molecule has 6 heteroatoms. The summed E-state index contributed by atoms with van der Waals surface area (Å²) in [7, 11) is -3.52. The van der Waals surface area contributed by atoms with Gasteiger partial charge in [-0.2, -0.15) is 4.31 Å². The van der Waals surface area contributed by atoms with Crippen LogP contribution in [0.5, 0.6) is 0 Å². The van der Waals surface area contributed by atoms with Gasteiger partial charge in [0.1, 0.15) is 0 Å². The Kier molecular flexibility index (Phi) is 6.69. The first-order valence-corrected chi connectivity index (χ1v) is 9.56. The monoisotopic (exact) mass is 376 g/mol. The molecule has 1 rings (SSSR count). The zero-order chi connectivity index (χ0) is 16.2. The number of anilines is 1. The zero-order valence-corrected chi connectivity index (χ0v) is 15.6. The van der Waals surface area contributed by atoms with E-state index < -0.39 is 10.0 Å². The Hall–Kier alpha value is -0.590. The second-order valence-electron chi connectivity index (χ2n) is 5.37. The van der Waals surface area contributed by atoms with Crippen LogP contribution in [0.15, 0.2) is 21.5 Å². The molecule has 0 saturated carbocycles. The summed E-state index contributed by atoms with van der Waals surface area (Å²) >= 11 is 3.34. The molecule has 0 saturated heterocycles. The van der Waals surface area contributed by atoms with E-state index in [1.165, 1.54) is 0 Å². The van der Waals surface area contributed by atoms with Crippen LogP contribution in [0.25, 0.3) is 0 Å². The molecule has 0 amide bonds. The molecule has 1 atom stereocenters. The lowest BCUT2D eigenvalue weighted by atomic mass is 10.2. The maximum absolute atomic E-state index is 13.0. The van der Waals surface area contributed by atoms with Gasteiger partial charge in [-0.3, -0.25) is 0 Å². The first-order chi connectivity index (χ1) is 9.75. The topological polar surface area (TPSA) is 63.4 Å². The smallest absolute Gasteiger partial charge is 0.243 e. The van der Waals surface area contributed by atoms with E-state index >= 15 is 0 Å². The summed E-state index contributed by atoms with van der Waals surface area (Å²) in [4.78, 5) is 0.305. The molecular weight excluding hydrogens is 352 g/mol.